The summed E-state index contributed by atoms with van der Waals surface area (Å²) < 4.78 is 9.73. The lowest BCUT2D eigenvalue weighted by molar-refractivity contribution is -0.147. The van der Waals surface area contributed by atoms with Crippen molar-refractivity contribution >= 4 is 17.6 Å². The Bertz CT molecular complexity index is 449. The molecule has 0 saturated carbocycles. The van der Waals surface area contributed by atoms with Crippen LogP contribution in [0.4, 0.5) is 5.69 Å². The number of hydrogen-bond donors (Lipinski definition) is 2. The van der Waals surface area contributed by atoms with Gasteiger partial charge in [0.2, 0.25) is 0 Å². The van der Waals surface area contributed by atoms with Crippen LogP contribution in [0.3, 0.4) is 0 Å². The van der Waals surface area contributed by atoms with Crippen LogP contribution in [0.15, 0.2) is 24.3 Å². The summed E-state index contributed by atoms with van der Waals surface area (Å²) in [4.78, 5) is 22.9. The van der Waals surface area contributed by atoms with Crippen LogP contribution in [0.2, 0.25) is 0 Å². The number of ether oxygens (including phenoxy) is 2. The maximum Gasteiger partial charge on any atom is 0.310 e. The van der Waals surface area contributed by atoms with Crippen molar-refractivity contribution in [1.82, 2.24) is 5.32 Å². The smallest absolute Gasteiger partial charge is 0.310 e. The van der Waals surface area contributed by atoms with E-state index < -0.39 is 5.97 Å². The summed E-state index contributed by atoms with van der Waals surface area (Å²) in [6, 6.07) is 7.05. The monoisotopic (exact) mass is 280 g/mol. The summed E-state index contributed by atoms with van der Waals surface area (Å²) in [6.45, 7) is 0.793. The largest absolute Gasteiger partial charge is 0.455 e. The zero-order chi connectivity index (χ0) is 14.8. The third-order valence-electron chi connectivity index (χ3n) is 2.60. The van der Waals surface area contributed by atoms with Crippen LogP contribution in [0.1, 0.15) is 12.0 Å². The highest BCUT2D eigenvalue weighted by molar-refractivity contribution is 5.81. The number of carbonyl (C=O) groups excluding carboxylic acids is 2. The lowest BCUT2D eigenvalue weighted by Gasteiger charge is -2.07. The van der Waals surface area contributed by atoms with Crippen molar-refractivity contribution in [3.63, 3.8) is 0 Å². The second kappa shape index (κ2) is 8.92. The molecule has 0 aliphatic heterocycles. The van der Waals surface area contributed by atoms with E-state index in [9.17, 15) is 9.59 Å². The molecule has 1 rings (SSSR count). The van der Waals surface area contributed by atoms with E-state index in [0.717, 1.165) is 6.42 Å². The Morgan fingerprint density at radius 2 is 2.05 bits per heavy atom. The van der Waals surface area contributed by atoms with Crippen molar-refractivity contribution in [3.8, 4) is 0 Å². The molecule has 110 valence electrons. The number of methoxy groups -OCH3 is 1. The standard InChI is InChI=1S/C14H20N2O4/c1-19-8-4-7-16-13(17)10-20-14(18)9-11-5-2-3-6-12(11)15/h2-3,5-6H,4,7-10,15H2,1H3,(H,16,17). The van der Waals surface area contributed by atoms with Gasteiger partial charge in [-0.2, -0.15) is 0 Å². The molecule has 20 heavy (non-hydrogen) atoms. The summed E-state index contributed by atoms with van der Waals surface area (Å²) in [7, 11) is 1.60. The first-order chi connectivity index (χ1) is 9.63. The van der Waals surface area contributed by atoms with Crippen LogP contribution < -0.4 is 11.1 Å². The number of para-hydroxylation sites is 1. The molecule has 0 heterocycles. The molecular weight excluding hydrogens is 260 g/mol. The van der Waals surface area contributed by atoms with Crippen LogP contribution in [0.25, 0.3) is 0 Å². The van der Waals surface area contributed by atoms with E-state index in [4.69, 9.17) is 15.2 Å². The van der Waals surface area contributed by atoms with Crippen LogP contribution in [0.5, 0.6) is 0 Å². The first kappa shape index (κ1) is 16.0. The van der Waals surface area contributed by atoms with Gasteiger partial charge in [0, 0.05) is 25.9 Å². The Hall–Kier alpha value is -2.08. The number of carbonyl (C=O) groups is 2. The number of rotatable bonds is 8. The van der Waals surface area contributed by atoms with E-state index >= 15 is 0 Å². The zero-order valence-corrected chi connectivity index (χ0v) is 11.6. The predicted octanol–water partition coefficient (Wildman–Crippen LogP) is 0.507. The minimum absolute atomic E-state index is 0.0592. The van der Waals surface area contributed by atoms with Gasteiger partial charge in [-0.3, -0.25) is 9.59 Å². The fourth-order valence-electron chi connectivity index (χ4n) is 1.54. The lowest BCUT2D eigenvalue weighted by Crippen LogP contribution is -2.30. The average molecular weight is 280 g/mol. The summed E-state index contributed by atoms with van der Waals surface area (Å²) in [5.74, 6) is -0.801. The van der Waals surface area contributed by atoms with Gasteiger partial charge in [0.05, 0.1) is 6.42 Å². The molecule has 0 saturated heterocycles. The molecule has 1 aromatic rings. The van der Waals surface area contributed by atoms with E-state index in [1.165, 1.54) is 0 Å². The molecule has 0 unspecified atom stereocenters. The number of anilines is 1. The van der Waals surface area contributed by atoms with Crippen LogP contribution in [-0.2, 0) is 25.5 Å². The van der Waals surface area contributed by atoms with Gasteiger partial charge in [0.15, 0.2) is 6.61 Å². The van der Waals surface area contributed by atoms with E-state index in [1.54, 1.807) is 31.4 Å². The summed E-state index contributed by atoms with van der Waals surface area (Å²) in [5.41, 5.74) is 6.95. The van der Waals surface area contributed by atoms with Crippen LogP contribution >= 0.6 is 0 Å². The first-order valence-corrected chi connectivity index (χ1v) is 6.38. The number of esters is 1. The summed E-state index contributed by atoms with van der Waals surface area (Å²) in [6.07, 6.45) is 0.778. The molecule has 1 aromatic carbocycles. The van der Waals surface area contributed by atoms with Gasteiger partial charge < -0.3 is 20.5 Å². The number of nitrogens with two attached hydrogens (primary N) is 1. The topological polar surface area (TPSA) is 90.6 Å². The van der Waals surface area contributed by atoms with E-state index in [2.05, 4.69) is 5.32 Å². The Morgan fingerprint density at radius 3 is 2.75 bits per heavy atom. The van der Waals surface area contributed by atoms with Gasteiger partial charge in [-0.05, 0) is 18.1 Å². The van der Waals surface area contributed by atoms with Crippen molar-refractivity contribution in [2.45, 2.75) is 12.8 Å². The predicted molar refractivity (Wildman–Crippen MR) is 75.0 cm³/mol. The lowest BCUT2D eigenvalue weighted by atomic mass is 10.1. The zero-order valence-electron chi connectivity index (χ0n) is 11.6. The van der Waals surface area contributed by atoms with Gasteiger partial charge >= 0.3 is 5.97 Å². The van der Waals surface area contributed by atoms with E-state index in [-0.39, 0.29) is 18.9 Å². The minimum atomic E-state index is -0.477. The Morgan fingerprint density at radius 1 is 1.30 bits per heavy atom. The van der Waals surface area contributed by atoms with Gasteiger partial charge in [-0.1, -0.05) is 18.2 Å². The third kappa shape index (κ3) is 6.19. The molecule has 6 nitrogen and oxygen atoms in total. The SMILES string of the molecule is COCCCNC(=O)COC(=O)Cc1ccccc1N. The molecule has 0 spiro atoms. The number of amides is 1. The van der Waals surface area contributed by atoms with E-state index in [1.807, 2.05) is 0 Å². The normalized spacial score (nSPS) is 10.1. The maximum atomic E-state index is 11.6. The summed E-state index contributed by atoms with van der Waals surface area (Å²) in [5, 5.41) is 2.63. The molecule has 0 aliphatic rings. The van der Waals surface area contributed by atoms with Crippen molar-refractivity contribution in [2.75, 3.05) is 32.6 Å². The first-order valence-electron chi connectivity index (χ1n) is 6.38. The highest BCUT2D eigenvalue weighted by Gasteiger charge is 2.09. The van der Waals surface area contributed by atoms with Crippen LogP contribution in [-0.4, -0.2) is 38.7 Å². The van der Waals surface area contributed by atoms with Gasteiger partial charge in [0.25, 0.3) is 5.91 Å². The Balaban J connectivity index is 2.23. The van der Waals surface area contributed by atoms with Gasteiger partial charge in [-0.15, -0.1) is 0 Å². The number of benzene rings is 1. The van der Waals surface area contributed by atoms with E-state index in [0.29, 0.717) is 24.4 Å². The fraction of sp³-hybridized carbons (Fsp3) is 0.429. The Labute approximate surface area is 118 Å². The quantitative estimate of drug-likeness (QED) is 0.411. The van der Waals surface area contributed by atoms with Gasteiger partial charge in [0.1, 0.15) is 0 Å². The number of hydrogen-bond acceptors (Lipinski definition) is 5. The summed E-state index contributed by atoms with van der Waals surface area (Å²) >= 11 is 0. The van der Waals surface area contributed by atoms with Crippen molar-refractivity contribution in [2.24, 2.45) is 0 Å². The van der Waals surface area contributed by atoms with Crippen LogP contribution in [0, 0.1) is 0 Å². The highest BCUT2D eigenvalue weighted by atomic mass is 16.5. The third-order valence-corrected chi connectivity index (χ3v) is 2.60. The fourth-order valence-corrected chi connectivity index (χ4v) is 1.54. The molecule has 0 radical (unpaired) electrons. The van der Waals surface area contributed by atoms with Crippen molar-refractivity contribution in [3.05, 3.63) is 29.8 Å². The average Bonchev–Trinajstić information content (AvgIpc) is 2.44. The molecule has 3 N–H and O–H groups in total. The molecule has 6 heteroatoms. The maximum absolute atomic E-state index is 11.6. The molecule has 0 atom stereocenters. The molecular formula is C14H20N2O4. The molecule has 0 bridgehead atoms. The minimum Gasteiger partial charge on any atom is -0.455 e. The number of nitrogens with one attached hydrogen (secondary N) is 1. The Kier molecular flexibility index (Phi) is 7.13. The molecule has 0 fully saturated rings. The number of nitrogen functional groups attached to an aromatic ring is 1. The van der Waals surface area contributed by atoms with Gasteiger partial charge in [-0.25, -0.2) is 0 Å². The van der Waals surface area contributed by atoms with Crippen molar-refractivity contribution < 1.29 is 19.1 Å². The molecule has 1 amide bonds. The second-order valence-corrected chi connectivity index (χ2v) is 4.23. The highest BCUT2D eigenvalue weighted by Crippen LogP contribution is 2.11. The molecule has 0 aromatic heterocycles. The van der Waals surface area contributed by atoms with Crippen molar-refractivity contribution in [1.29, 1.82) is 0 Å². The second-order valence-electron chi connectivity index (χ2n) is 4.23. The molecule has 0 aliphatic carbocycles.